The van der Waals surface area contributed by atoms with Gasteiger partial charge in [0.05, 0.1) is 29.8 Å². The van der Waals surface area contributed by atoms with E-state index in [1.165, 1.54) is 17.6 Å². The van der Waals surface area contributed by atoms with Crippen LogP contribution < -0.4 is 5.48 Å². The number of aromatic nitrogens is 1. The van der Waals surface area contributed by atoms with Gasteiger partial charge in [-0.2, -0.15) is 0 Å². The number of rotatable bonds is 8. The molecule has 1 saturated carbocycles. The molecule has 32 heavy (non-hydrogen) atoms. The van der Waals surface area contributed by atoms with E-state index in [0.717, 1.165) is 46.1 Å². The van der Waals surface area contributed by atoms with Gasteiger partial charge in [0, 0.05) is 28.9 Å². The van der Waals surface area contributed by atoms with Gasteiger partial charge in [-0.05, 0) is 36.6 Å². The number of para-hydroxylation sites is 1. The van der Waals surface area contributed by atoms with Crippen LogP contribution in [0.2, 0.25) is 0 Å². The lowest BCUT2D eigenvalue weighted by molar-refractivity contribution is -0.131. The van der Waals surface area contributed by atoms with Crippen molar-refractivity contribution < 1.29 is 24.6 Å². The summed E-state index contributed by atoms with van der Waals surface area (Å²) >= 11 is 0. The van der Waals surface area contributed by atoms with Crippen molar-refractivity contribution in [2.24, 2.45) is 0 Å². The van der Waals surface area contributed by atoms with Crippen molar-refractivity contribution in [2.75, 3.05) is 0 Å². The topological polar surface area (TPSA) is 103 Å². The molecule has 2 atom stereocenters. The Balaban J connectivity index is 1.75. The molecule has 0 radical (unpaired) electrons. The lowest BCUT2D eigenvalue weighted by Gasteiger charge is -2.16. The van der Waals surface area contributed by atoms with E-state index in [9.17, 15) is 19.4 Å². The number of aliphatic hydroxyl groups is 2. The fraction of sp³-hybridized carbons (Fsp3) is 0.280. The Morgan fingerprint density at radius 2 is 1.88 bits per heavy atom. The Morgan fingerprint density at radius 1 is 1.16 bits per heavy atom. The van der Waals surface area contributed by atoms with E-state index < -0.39 is 18.1 Å². The summed E-state index contributed by atoms with van der Waals surface area (Å²) in [5.74, 6) is -0.709. The third-order valence-electron chi connectivity index (χ3n) is 5.60. The van der Waals surface area contributed by atoms with E-state index in [1.807, 2.05) is 24.3 Å². The number of benzene rings is 2. The number of aliphatic hydroxyl groups excluding tert-OH is 2. The maximum Gasteiger partial charge on any atom is 0.245 e. The molecule has 0 saturated heterocycles. The number of carbonyl (C=O) groups excluding carboxylic acids is 1. The van der Waals surface area contributed by atoms with Gasteiger partial charge in [-0.1, -0.05) is 42.5 Å². The summed E-state index contributed by atoms with van der Waals surface area (Å²) in [6, 6.07) is 14.1. The highest BCUT2D eigenvalue weighted by Crippen LogP contribution is 2.45. The number of fused-ring (bicyclic) bond motifs is 1. The molecule has 3 aromatic rings. The zero-order valence-corrected chi connectivity index (χ0v) is 17.4. The van der Waals surface area contributed by atoms with Crippen molar-refractivity contribution in [2.45, 2.75) is 43.8 Å². The number of carbonyl (C=O) groups is 1. The molecule has 0 unspecified atom stereocenters. The highest BCUT2D eigenvalue weighted by Gasteiger charge is 2.29. The van der Waals surface area contributed by atoms with Crippen LogP contribution in [0.5, 0.6) is 0 Å². The number of hydroxylamine groups is 1. The Labute approximate surface area is 185 Å². The Hall–Kier alpha value is -3.13. The number of hydrogen-bond donors (Lipinski definition) is 4. The van der Waals surface area contributed by atoms with Crippen molar-refractivity contribution in [3.05, 3.63) is 71.7 Å². The third kappa shape index (κ3) is 5.02. The molecule has 0 bridgehead atoms. The quantitative estimate of drug-likeness (QED) is 0.316. The van der Waals surface area contributed by atoms with E-state index in [4.69, 9.17) is 10.2 Å². The minimum Gasteiger partial charge on any atom is -0.392 e. The van der Waals surface area contributed by atoms with Crippen LogP contribution in [-0.4, -0.2) is 38.5 Å². The third-order valence-corrected chi connectivity index (χ3v) is 5.60. The molecule has 1 fully saturated rings. The van der Waals surface area contributed by atoms with E-state index in [-0.39, 0.29) is 18.7 Å². The minimum atomic E-state index is -1.10. The lowest BCUT2D eigenvalue weighted by Crippen LogP contribution is -2.26. The molecule has 6 nitrogen and oxygen atoms in total. The van der Waals surface area contributed by atoms with Crippen molar-refractivity contribution >= 4 is 22.9 Å². The number of halogens is 1. The molecular formula is C25H25FN2O4. The maximum absolute atomic E-state index is 13.6. The van der Waals surface area contributed by atoms with Crippen LogP contribution in [0.25, 0.3) is 28.1 Å². The van der Waals surface area contributed by atoms with Gasteiger partial charge in [0.15, 0.2) is 0 Å². The zero-order chi connectivity index (χ0) is 22.7. The Bertz CT molecular complexity index is 1140. The monoisotopic (exact) mass is 436 g/mol. The van der Waals surface area contributed by atoms with Crippen molar-refractivity contribution in [3.63, 3.8) is 0 Å². The predicted octanol–water partition coefficient (Wildman–Crippen LogP) is 3.94. The van der Waals surface area contributed by atoms with E-state index in [2.05, 4.69) is 0 Å². The van der Waals surface area contributed by atoms with Crippen LogP contribution in [0.3, 0.4) is 0 Å². The highest BCUT2D eigenvalue weighted by molar-refractivity contribution is 5.99. The second kappa shape index (κ2) is 9.56. The van der Waals surface area contributed by atoms with Gasteiger partial charge >= 0.3 is 0 Å². The average molecular weight is 436 g/mol. The van der Waals surface area contributed by atoms with Crippen LogP contribution in [0, 0.1) is 5.82 Å². The number of hydrogen-bond acceptors (Lipinski definition) is 5. The first kappa shape index (κ1) is 22.1. The van der Waals surface area contributed by atoms with Crippen LogP contribution in [0.15, 0.2) is 54.6 Å². The smallest absolute Gasteiger partial charge is 0.245 e. The average Bonchev–Trinajstić information content (AvgIpc) is 3.62. The SMILES string of the molecule is O=C(C[C@H](O)C[C@H](O)/C=C/c1c(C2CC2)nc2ccccc2c1-c1ccc(F)cc1)NO. The molecule has 1 aliphatic carbocycles. The van der Waals surface area contributed by atoms with Gasteiger partial charge in [0.2, 0.25) is 5.91 Å². The highest BCUT2D eigenvalue weighted by atomic mass is 19.1. The number of nitrogens with one attached hydrogen (secondary N) is 1. The molecule has 4 rings (SSSR count). The van der Waals surface area contributed by atoms with E-state index in [1.54, 1.807) is 24.3 Å². The largest absolute Gasteiger partial charge is 0.392 e. The van der Waals surface area contributed by atoms with Crippen molar-refractivity contribution in [1.82, 2.24) is 10.5 Å². The molecule has 4 N–H and O–H groups in total. The standard InChI is InChI=1S/C25H25FN2O4/c26-17-9-7-15(8-10-17)24-20-3-1-2-4-22(20)27-25(16-5-6-16)21(24)12-11-18(29)13-19(30)14-23(31)28-32/h1-4,7-12,16,18-19,29-30,32H,5-6,13-14H2,(H,28,31)/b12-11+/t18-,19-/m1/s1. The van der Waals surface area contributed by atoms with Crippen LogP contribution >= 0.6 is 0 Å². The van der Waals surface area contributed by atoms with Gasteiger partial charge in [-0.25, -0.2) is 9.87 Å². The molecule has 0 aliphatic heterocycles. The van der Waals surface area contributed by atoms with Gasteiger partial charge in [0.1, 0.15) is 5.82 Å². The molecule has 2 aromatic carbocycles. The lowest BCUT2D eigenvalue weighted by atomic mass is 9.92. The maximum atomic E-state index is 13.6. The fourth-order valence-corrected chi connectivity index (χ4v) is 3.92. The molecule has 1 amide bonds. The van der Waals surface area contributed by atoms with Gasteiger partial charge in [-0.3, -0.25) is 15.0 Å². The number of nitrogens with zero attached hydrogens (tertiary/aromatic N) is 1. The summed E-state index contributed by atoms with van der Waals surface area (Å²) in [4.78, 5) is 16.1. The summed E-state index contributed by atoms with van der Waals surface area (Å²) in [6.45, 7) is 0. The van der Waals surface area contributed by atoms with Crippen LogP contribution in [0.4, 0.5) is 4.39 Å². The number of amides is 1. The van der Waals surface area contributed by atoms with Crippen LogP contribution in [-0.2, 0) is 4.79 Å². The first-order valence-electron chi connectivity index (χ1n) is 10.6. The molecular weight excluding hydrogens is 411 g/mol. The molecule has 1 aromatic heterocycles. The normalized spacial score (nSPS) is 15.8. The second-order valence-corrected chi connectivity index (χ2v) is 8.14. The predicted molar refractivity (Wildman–Crippen MR) is 119 cm³/mol. The molecule has 1 heterocycles. The first-order chi connectivity index (χ1) is 15.5. The molecule has 1 aliphatic rings. The summed E-state index contributed by atoms with van der Waals surface area (Å²) in [6.07, 6.45) is 2.97. The summed E-state index contributed by atoms with van der Waals surface area (Å²) in [7, 11) is 0. The summed E-state index contributed by atoms with van der Waals surface area (Å²) < 4.78 is 13.6. The van der Waals surface area contributed by atoms with Crippen LogP contribution in [0.1, 0.15) is 42.9 Å². The summed E-state index contributed by atoms with van der Waals surface area (Å²) in [5, 5.41) is 29.9. The fourth-order valence-electron chi connectivity index (χ4n) is 3.92. The van der Waals surface area contributed by atoms with E-state index >= 15 is 0 Å². The molecule has 0 spiro atoms. The number of pyridine rings is 1. The minimum absolute atomic E-state index is 0.0599. The Kier molecular flexibility index (Phi) is 6.60. The van der Waals surface area contributed by atoms with Gasteiger partial charge in [-0.15, -0.1) is 0 Å². The first-order valence-corrected chi connectivity index (χ1v) is 10.6. The zero-order valence-electron chi connectivity index (χ0n) is 17.4. The van der Waals surface area contributed by atoms with Gasteiger partial charge < -0.3 is 10.2 Å². The Morgan fingerprint density at radius 3 is 2.56 bits per heavy atom. The second-order valence-electron chi connectivity index (χ2n) is 8.14. The molecule has 166 valence electrons. The van der Waals surface area contributed by atoms with Gasteiger partial charge in [0.25, 0.3) is 0 Å². The van der Waals surface area contributed by atoms with E-state index in [0.29, 0.717) is 5.92 Å². The molecule has 7 heteroatoms. The van der Waals surface area contributed by atoms with Crippen molar-refractivity contribution in [3.8, 4) is 11.1 Å². The van der Waals surface area contributed by atoms with Crippen molar-refractivity contribution in [1.29, 1.82) is 0 Å². The summed E-state index contributed by atoms with van der Waals surface area (Å²) in [5.41, 5.74) is 5.89.